The average Bonchev–Trinajstić information content (AvgIpc) is 3.21. The molecule has 2 amide bonds. The van der Waals surface area contributed by atoms with Crippen LogP contribution in [0.4, 0.5) is 19.3 Å². The smallest absolute Gasteiger partial charge is 0.321 e. The summed E-state index contributed by atoms with van der Waals surface area (Å²) in [7, 11) is 0. The van der Waals surface area contributed by atoms with Crippen molar-refractivity contribution in [1.82, 2.24) is 30.0 Å². The molecule has 0 spiro atoms. The number of benzene rings is 2. The van der Waals surface area contributed by atoms with E-state index in [2.05, 4.69) is 25.7 Å². The van der Waals surface area contributed by atoms with Crippen molar-refractivity contribution in [3.63, 3.8) is 0 Å². The maximum absolute atomic E-state index is 13.6. The summed E-state index contributed by atoms with van der Waals surface area (Å²) in [5.41, 5.74) is 0.895. The molecule has 1 aromatic heterocycles. The number of carbonyl (C=O) groups excluding carboxylic acids is 1. The van der Waals surface area contributed by atoms with Gasteiger partial charge in [-0.15, -0.1) is 5.10 Å². The summed E-state index contributed by atoms with van der Waals surface area (Å²) in [4.78, 5) is 16.3. The highest BCUT2D eigenvalue weighted by Crippen LogP contribution is 2.25. The molecule has 12 heteroatoms. The van der Waals surface area contributed by atoms with Gasteiger partial charge in [-0.2, -0.15) is 4.68 Å². The molecule has 31 heavy (non-hydrogen) atoms. The largest absolute Gasteiger partial charge is 0.322 e. The lowest BCUT2D eigenvalue weighted by atomic mass is 10.3. The molecule has 0 aliphatic carbocycles. The molecule has 162 valence electrons. The van der Waals surface area contributed by atoms with Crippen LogP contribution in [-0.2, 0) is 6.54 Å². The second kappa shape index (κ2) is 9.13. The number of carbonyl (C=O) groups is 1. The van der Waals surface area contributed by atoms with Crippen molar-refractivity contribution in [2.24, 2.45) is 0 Å². The number of tetrazole rings is 1. The molecule has 0 radical (unpaired) electrons. The minimum Gasteiger partial charge on any atom is -0.322 e. The van der Waals surface area contributed by atoms with E-state index in [0.717, 1.165) is 12.1 Å². The maximum Gasteiger partial charge on any atom is 0.321 e. The maximum atomic E-state index is 13.6. The first-order chi connectivity index (χ1) is 14.9. The Bertz CT molecular complexity index is 1100. The third-order valence-electron chi connectivity index (χ3n) is 4.88. The van der Waals surface area contributed by atoms with Crippen LogP contribution in [0.25, 0.3) is 5.69 Å². The van der Waals surface area contributed by atoms with Gasteiger partial charge in [0, 0.05) is 37.9 Å². The van der Waals surface area contributed by atoms with Crippen LogP contribution < -0.4 is 5.32 Å². The topological polar surface area (TPSA) is 79.2 Å². The van der Waals surface area contributed by atoms with E-state index >= 15 is 0 Å². The van der Waals surface area contributed by atoms with Gasteiger partial charge < -0.3 is 10.2 Å². The molecule has 1 aliphatic heterocycles. The molecule has 0 saturated carbocycles. The molecule has 0 unspecified atom stereocenters. The van der Waals surface area contributed by atoms with E-state index in [1.165, 1.54) is 10.7 Å². The molecule has 4 rings (SSSR count). The highest BCUT2D eigenvalue weighted by atomic mass is 35.5. The zero-order chi connectivity index (χ0) is 22.0. The SMILES string of the molecule is O=C(Nc1ccc(Cl)c(Cl)c1)N1CCN(Cc2nnnn2-c2ccc(F)c(F)c2)CC1. The predicted molar refractivity (Wildman–Crippen MR) is 111 cm³/mol. The number of nitrogens with one attached hydrogen (secondary N) is 1. The normalized spacial score (nSPS) is 14.6. The number of nitrogens with zero attached hydrogens (tertiary/aromatic N) is 6. The van der Waals surface area contributed by atoms with E-state index in [1.54, 1.807) is 23.1 Å². The van der Waals surface area contributed by atoms with Crippen LogP contribution in [0.15, 0.2) is 36.4 Å². The van der Waals surface area contributed by atoms with E-state index in [1.807, 2.05) is 0 Å². The number of aromatic nitrogens is 4. The van der Waals surface area contributed by atoms with Gasteiger partial charge in [-0.1, -0.05) is 23.2 Å². The first-order valence-electron chi connectivity index (χ1n) is 9.37. The molecule has 0 bridgehead atoms. The summed E-state index contributed by atoms with van der Waals surface area (Å²) in [6.45, 7) is 2.59. The van der Waals surface area contributed by atoms with Crippen molar-refractivity contribution in [2.45, 2.75) is 6.54 Å². The minimum absolute atomic E-state index is 0.232. The Labute approximate surface area is 186 Å². The number of urea groups is 1. The quantitative estimate of drug-likeness (QED) is 0.633. The monoisotopic (exact) mass is 467 g/mol. The Morgan fingerprint density at radius 2 is 1.77 bits per heavy atom. The van der Waals surface area contributed by atoms with Crippen LogP contribution in [0.1, 0.15) is 5.82 Å². The average molecular weight is 468 g/mol. The second-order valence-electron chi connectivity index (χ2n) is 6.93. The fraction of sp³-hybridized carbons (Fsp3) is 0.263. The standard InChI is InChI=1S/C19H17Cl2F2N7O/c20-14-3-1-12(9-15(14)21)24-19(31)29-7-5-28(6-8-29)11-18-25-26-27-30(18)13-2-4-16(22)17(23)10-13/h1-4,9-10H,5-8,11H2,(H,24,31). The summed E-state index contributed by atoms with van der Waals surface area (Å²) in [6, 6.07) is 8.14. The molecule has 3 aromatic rings. The van der Waals surface area contributed by atoms with Gasteiger partial charge in [0.15, 0.2) is 17.5 Å². The Balaban J connectivity index is 1.34. The number of halogens is 4. The zero-order valence-electron chi connectivity index (χ0n) is 16.1. The molecule has 1 saturated heterocycles. The second-order valence-corrected chi connectivity index (χ2v) is 7.74. The van der Waals surface area contributed by atoms with Crippen LogP contribution in [0.2, 0.25) is 10.0 Å². The van der Waals surface area contributed by atoms with E-state index in [4.69, 9.17) is 23.2 Å². The predicted octanol–water partition coefficient (Wildman–Crippen LogP) is 3.60. The van der Waals surface area contributed by atoms with Crippen molar-refractivity contribution >= 4 is 34.9 Å². The highest BCUT2D eigenvalue weighted by Gasteiger charge is 2.23. The molecule has 1 aliphatic rings. The van der Waals surface area contributed by atoms with Gasteiger partial charge in [-0.3, -0.25) is 4.90 Å². The molecule has 2 aromatic carbocycles. The summed E-state index contributed by atoms with van der Waals surface area (Å²) in [5, 5.41) is 15.1. The van der Waals surface area contributed by atoms with Gasteiger partial charge in [0.05, 0.1) is 22.3 Å². The lowest BCUT2D eigenvalue weighted by molar-refractivity contribution is 0.140. The fourth-order valence-corrected chi connectivity index (χ4v) is 3.51. The van der Waals surface area contributed by atoms with Gasteiger partial charge in [0.1, 0.15) is 0 Å². The van der Waals surface area contributed by atoms with E-state index in [0.29, 0.717) is 60.0 Å². The molecule has 0 atom stereocenters. The van der Waals surface area contributed by atoms with Crippen LogP contribution in [-0.4, -0.2) is 62.2 Å². The van der Waals surface area contributed by atoms with E-state index in [-0.39, 0.29) is 6.03 Å². The van der Waals surface area contributed by atoms with Gasteiger partial charge in [-0.05, 0) is 40.8 Å². The Hall–Kier alpha value is -2.82. The lowest BCUT2D eigenvalue weighted by Gasteiger charge is -2.34. The van der Waals surface area contributed by atoms with Crippen molar-refractivity contribution in [2.75, 3.05) is 31.5 Å². The number of amides is 2. The van der Waals surface area contributed by atoms with Gasteiger partial charge in [0.2, 0.25) is 0 Å². The molecule has 1 N–H and O–H groups in total. The van der Waals surface area contributed by atoms with E-state index < -0.39 is 11.6 Å². The van der Waals surface area contributed by atoms with Gasteiger partial charge in [0.25, 0.3) is 0 Å². The molecule has 8 nitrogen and oxygen atoms in total. The molecule has 2 heterocycles. The highest BCUT2D eigenvalue weighted by molar-refractivity contribution is 6.42. The van der Waals surface area contributed by atoms with Crippen molar-refractivity contribution in [3.8, 4) is 5.69 Å². The third kappa shape index (κ3) is 4.92. The Morgan fingerprint density at radius 3 is 2.48 bits per heavy atom. The third-order valence-corrected chi connectivity index (χ3v) is 5.62. The number of anilines is 1. The van der Waals surface area contributed by atoms with E-state index in [9.17, 15) is 13.6 Å². The fourth-order valence-electron chi connectivity index (χ4n) is 3.21. The minimum atomic E-state index is -0.972. The van der Waals surface area contributed by atoms with Gasteiger partial charge in [-0.25, -0.2) is 13.6 Å². The molecular formula is C19H17Cl2F2N7O. The van der Waals surface area contributed by atoms with Crippen LogP contribution in [0, 0.1) is 11.6 Å². The molecule has 1 fully saturated rings. The Morgan fingerprint density at radius 1 is 1.00 bits per heavy atom. The van der Waals surface area contributed by atoms with Crippen LogP contribution in [0.5, 0.6) is 0 Å². The summed E-state index contributed by atoms with van der Waals surface area (Å²) in [5.74, 6) is -1.42. The Kier molecular flexibility index (Phi) is 6.30. The van der Waals surface area contributed by atoms with Crippen molar-refractivity contribution < 1.29 is 13.6 Å². The lowest BCUT2D eigenvalue weighted by Crippen LogP contribution is -2.49. The van der Waals surface area contributed by atoms with Crippen LogP contribution in [0.3, 0.4) is 0 Å². The number of hydrogen-bond acceptors (Lipinski definition) is 5. The number of hydrogen-bond donors (Lipinski definition) is 1. The summed E-state index contributed by atoms with van der Waals surface area (Å²) in [6.07, 6.45) is 0. The summed E-state index contributed by atoms with van der Waals surface area (Å²) < 4.78 is 28.1. The van der Waals surface area contributed by atoms with Crippen molar-refractivity contribution in [1.29, 1.82) is 0 Å². The number of rotatable bonds is 4. The number of piperazine rings is 1. The van der Waals surface area contributed by atoms with Crippen LogP contribution >= 0.6 is 23.2 Å². The zero-order valence-corrected chi connectivity index (χ0v) is 17.6. The first-order valence-corrected chi connectivity index (χ1v) is 10.1. The molecular weight excluding hydrogens is 451 g/mol. The summed E-state index contributed by atoms with van der Waals surface area (Å²) >= 11 is 11.9. The van der Waals surface area contributed by atoms with Gasteiger partial charge >= 0.3 is 6.03 Å². The van der Waals surface area contributed by atoms with Crippen molar-refractivity contribution in [3.05, 3.63) is 63.9 Å². The first kappa shape index (κ1) is 21.4.